The molecule has 0 bridgehead atoms. The van der Waals surface area contributed by atoms with E-state index in [0.29, 0.717) is 51.1 Å². The van der Waals surface area contributed by atoms with Crippen molar-refractivity contribution in [2.75, 3.05) is 19.0 Å². The maximum Gasteiger partial charge on any atom is 0.408 e. The van der Waals surface area contributed by atoms with E-state index in [4.69, 9.17) is 23.7 Å². The minimum atomic E-state index is -0.964. The number of amides is 2. The van der Waals surface area contributed by atoms with E-state index in [9.17, 15) is 14.4 Å². The van der Waals surface area contributed by atoms with Crippen LogP contribution in [0.4, 0.5) is 10.5 Å². The lowest BCUT2D eigenvalue weighted by atomic mass is 10.1. The minimum Gasteiger partial charge on any atom is -0.493 e. The van der Waals surface area contributed by atoms with Gasteiger partial charge in [-0.05, 0) is 94.5 Å². The Hall–Kier alpha value is -5.32. The quantitative estimate of drug-likeness (QED) is 0.146. The summed E-state index contributed by atoms with van der Waals surface area (Å²) >= 11 is 0. The van der Waals surface area contributed by atoms with Gasteiger partial charge in [-0.3, -0.25) is 9.78 Å². The van der Waals surface area contributed by atoms with E-state index < -0.39 is 23.7 Å². The number of alkyl carbamates (subject to hydrolysis) is 1. The third-order valence-corrected chi connectivity index (χ3v) is 7.93. The summed E-state index contributed by atoms with van der Waals surface area (Å²) < 4.78 is 29.1. The first kappa shape index (κ1) is 35.0. The van der Waals surface area contributed by atoms with Crippen molar-refractivity contribution >= 4 is 34.6 Å². The average molecular weight is 670 g/mol. The second kappa shape index (κ2) is 15.7. The summed E-state index contributed by atoms with van der Waals surface area (Å²) in [6.07, 6.45) is 3.48. The lowest BCUT2D eigenvalue weighted by Crippen LogP contribution is -2.45. The molecule has 1 heterocycles. The van der Waals surface area contributed by atoms with Crippen LogP contribution in [0.2, 0.25) is 0 Å². The van der Waals surface area contributed by atoms with Gasteiger partial charge in [0, 0.05) is 35.3 Å². The molecular formula is C38H43N3O8. The molecule has 3 aromatic carbocycles. The molecule has 1 aromatic heterocycles. The number of hydrogen-bond acceptors (Lipinski definition) is 9. The lowest BCUT2D eigenvalue weighted by Gasteiger charge is -2.24. The number of pyridine rings is 1. The van der Waals surface area contributed by atoms with Crippen LogP contribution >= 0.6 is 0 Å². The van der Waals surface area contributed by atoms with E-state index in [0.717, 1.165) is 19.3 Å². The molecule has 3 atom stereocenters. The van der Waals surface area contributed by atoms with Crippen LogP contribution in [0.25, 0.3) is 10.9 Å². The number of nitrogens with zero attached hydrogens (tertiary/aromatic N) is 1. The summed E-state index contributed by atoms with van der Waals surface area (Å²) in [5.41, 5.74) is 1.07. The summed E-state index contributed by atoms with van der Waals surface area (Å²) in [5.74, 6) is 1.71. The number of fused-ring (bicyclic) bond motifs is 1. The Kier molecular flexibility index (Phi) is 11.2. The highest BCUT2D eigenvalue weighted by Gasteiger charge is 2.30. The van der Waals surface area contributed by atoms with Gasteiger partial charge >= 0.3 is 12.1 Å². The first-order chi connectivity index (χ1) is 23.5. The van der Waals surface area contributed by atoms with E-state index in [-0.39, 0.29) is 25.0 Å². The molecular weight excluding hydrogens is 626 g/mol. The van der Waals surface area contributed by atoms with Crippen molar-refractivity contribution in [1.82, 2.24) is 10.3 Å². The fourth-order valence-corrected chi connectivity index (χ4v) is 5.51. The number of esters is 1. The molecule has 0 saturated heterocycles. The maximum absolute atomic E-state index is 13.1. The zero-order valence-electron chi connectivity index (χ0n) is 28.5. The largest absolute Gasteiger partial charge is 0.493 e. The molecule has 2 N–H and O–H groups in total. The number of ether oxygens (including phenoxy) is 5. The Morgan fingerprint density at radius 1 is 0.939 bits per heavy atom. The molecule has 258 valence electrons. The molecule has 0 spiro atoms. The Bertz CT molecular complexity index is 1760. The van der Waals surface area contributed by atoms with Crippen LogP contribution < -0.4 is 24.8 Å². The summed E-state index contributed by atoms with van der Waals surface area (Å²) in [6, 6.07) is 20.3. The normalized spacial score (nSPS) is 16.3. The predicted octanol–water partition coefficient (Wildman–Crippen LogP) is 7.68. The van der Waals surface area contributed by atoms with E-state index in [1.54, 1.807) is 81.6 Å². The topological polar surface area (TPSA) is 134 Å². The van der Waals surface area contributed by atoms with Crippen molar-refractivity contribution in [1.29, 1.82) is 0 Å². The molecule has 11 nitrogen and oxygen atoms in total. The molecule has 1 aliphatic carbocycles. The molecule has 1 aliphatic rings. The number of carbonyl (C=O) groups excluding carboxylic acids is 3. The molecule has 1 saturated carbocycles. The van der Waals surface area contributed by atoms with Crippen molar-refractivity contribution in [2.24, 2.45) is 5.92 Å². The predicted molar refractivity (Wildman–Crippen MR) is 185 cm³/mol. The number of rotatable bonds is 12. The molecule has 4 aromatic rings. The van der Waals surface area contributed by atoms with Crippen LogP contribution in [0.1, 0.15) is 63.7 Å². The van der Waals surface area contributed by atoms with E-state index in [1.165, 1.54) is 7.11 Å². The highest BCUT2D eigenvalue weighted by atomic mass is 16.6. The SMILES string of the molecule is COc1cc2c(Oc3ccc(NC(=O)c4ccccc4)cc3)ccnc2cc1OCCC(NC(=O)OC(C)(C)C)C(=O)OC1CCC(C)C1. The molecule has 2 amide bonds. The number of carbonyl (C=O) groups is 3. The second-order valence-corrected chi connectivity index (χ2v) is 13.1. The zero-order valence-corrected chi connectivity index (χ0v) is 28.5. The fourth-order valence-electron chi connectivity index (χ4n) is 5.51. The van der Waals surface area contributed by atoms with Gasteiger partial charge in [-0.1, -0.05) is 25.1 Å². The van der Waals surface area contributed by atoms with Crippen molar-refractivity contribution in [2.45, 2.75) is 71.1 Å². The number of anilines is 1. The van der Waals surface area contributed by atoms with Crippen molar-refractivity contribution in [3.63, 3.8) is 0 Å². The van der Waals surface area contributed by atoms with Gasteiger partial charge in [-0.2, -0.15) is 0 Å². The van der Waals surface area contributed by atoms with Crippen LogP contribution in [0.5, 0.6) is 23.0 Å². The summed E-state index contributed by atoms with van der Waals surface area (Å²) in [4.78, 5) is 42.7. The molecule has 0 aliphatic heterocycles. The van der Waals surface area contributed by atoms with E-state index in [2.05, 4.69) is 22.5 Å². The van der Waals surface area contributed by atoms with Gasteiger partial charge in [0.2, 0.25) is 0 Å². The monoisotopic (exact) mass is 669 g/mol. The Labute approximate surface area is 286 Å². The van der Waals surface area contributed by atoms with Gasteiger partial charge in [-0.15, -0.1) is 0 Å². The second-order valence-electron chi connectivity index (χ2n) is 13.1. The average Bonchev–Trinajstić information content (AvgIpc) is 3.48. The zero-order chi connectivity index (χ0) is 35.0. The van der Waals surface area contributed by atoms with Gasteiger partial charge in [0.25, 0.3) is 5.91 Å². The molecule has 3 unspecified atom stereocenters. The minimum absolute atomic E-state index is 0.0713. The van der Waals surface area contributed by atoms with Crippen molar-refractivity contribution in [3.8, 4) is 23.0 Å². The Morgan fingerprint density at radius 3 is 2.37 bits per heavy atom. The van der Waals surface area contributed by atoms with Crippen LogP contribution in [0.3, 0.4) is 0 Å². The maximum atomic E-state index is 13.1. The fraction of sp³-hybridized carbons (Fsp3) is 0.368. The number of hydrogen-bond donors (Lipinski definition) is 2. The lowest BCUT2D eigenvalue weighted by molar-refractivity contribution is -0.151. The number of methoxy groups -OCH3 is 1. The highest BCUT2D eigenvalue weighted by molar-refractivity contribution is 6.04. The van der Waals surface area contributed by atoms with Gasteiger partial charge in [0.1, 0.15) is 29.2 Å². The van der Waals surface area contributed by atoms with Crippen LogP contribution in [0, 0.1) is 5.92 Å². The Balaban J connectivity index is 1.25. The van der Waals surface area contributed by atoms with Crippen LogP contribution in [-0.4, -0.2) is 54.4 Å². The first-order valence-electron chi connectivity index (χ1n) is 16.4. The number of benzene rings is 3. The molecule has 11 heteroatoms. The molecule has 1 fully saturated rings. The van der Waals surface area contributed by atoms with Gasteiger partial charge in [0.15, 0.2) is 11.5 Å². The van der Waals surface area contributed by atoms with Crippen LogP contribution in [0.15, 0.2) is 79.0 Å². The van der Waals surface area contributed by atoms with E-state index in [1.807, 2.05) is 18.2 Å². The van der Waals surface area contributed by atoms with E-state index >= 15 is 0 Å². The third-order valence-electron chi connectivity index (χ3n) is 7.93. The molecule has 0 radical (unpaired) electrons. The first-order valence-corrected chi connectivity index (χ1v) is 16.4. The smallest absolute Gasteiger partial charge is 0.408 e. The summed E-state index contributed by atoms with van der Waals surface area (Å²) in [7, 11) is 1.53. The summed E-state index contributed by atoms with van der Waals surface area (Å²) in [5, 5.41) is 6.22. The molecule has 49 heavy (non-hydrogen) atoms. The highest BCUT2D eigenvalue weighted by Crippen LogP contribution is 2.37. The van der Waals surface area contributed by atoms with Crippen molar-refractivity contribution < 1.29 is 38.1 Å². The number of aromatic nitrogens is 1. The van der Waals surface area contributed by atoms with Gasteiger partial charge in [-0.25, -0.2) is 9.59 Å². The van der Waals surface area contributed by atoms with Gasteiger partial charge in [0.05, 0.1) is 19.2 Å². The Morgan fingerprint density at radius 2 is 1.69 bits per heavy atom. The van der Waals surface area contributed by atoms with Gasteiger partial charge < -0.3 is 34.3 Å². The third kappa shape index (κ3) is 9.85. The summed E-state index contributed by atoms with van der Waals surface area (Å²) in [6.45, 7) is 7.46. The van der Waals surface area contributed by atoms with Crippen LogP contribution in [-0.2, 0) is 14.3 Å². The standard InChI is InChI=1S/C38H43N3O8/c1-24-11-14-28(21-24)48-36(43)30(41-37(44)49-38(2,3)4)18-20-46-34-23-31-29(22-33(34)45-5)32(17-19-39-31)47-27-15-12-26(13-16-27)40-35(42)25-9-7-6-8-10-25/h6-10,12-13,15-17,19,22-24,28,30H,11,14,18,20-21H2,1-5H3,(H,40,42)(H,41,44). The van der Waals surface area contributed by atoms with Crippen molar-refractivity contribution in [3.05, 3.63) is 84.6 Å². The molecule has 5 rings (SSSR count). The number of nitrogens with one attached hydrogen (secondary N) is 2.